The number of hydrogen-bond acceptors (Lipinski definition) is 3. The summed E-state index contributed by atoms with van der Waals surface area (Å²) < 4.78 is 5.31. The molecule has 1 saturated heterocycles. The standard InChI is InChI=1S/C15H24O3/c1-9-6-5-7-15(3,4)13(9)11-8-12(17)18-14(11)10(2)16/h6,10-11,13-14,16H,5,7-8H2,1-4H3. The van der Waals surface area contributed by atoms with Gasteiger partial charge >= 0.3 is 5.97 Å². The van der Waals surface area contributed by atoms with E-state index in [-0.39, 0.29) is 23.4 Å². The Morgan fingerprint density at radius 1 is 1.50 bits per heavy atom. The SMILES string of the molecule is CC1=CCCC(C)(C)C1C1CC(=O)OC1C(C)O. The molecule has 3 heteroatoms. The number of hydrogen-bond donors (Lipinski definition) is 1. The number of esters is 1. The van der Waals surface area contributed by atoms with E-state index < -0.39 is 6.10 Å². The van der Waals surface area contributed by atoms with Crippen LogP contribution in [0.1, 0.15) is 47.0 Å². The van der Waals surface area contributed by atoms with Crippen molar-refractivity contribution in [1.82, 2.24) is 0 Å². The molecule has 2 aliphatic rings. The molecule has 1 aliphatic carbocycles. The van der Waals surface area contributed by atoms with Crippen LogP contribution in [0, 0.1) is 17.3 Å². The Balaban J connectivity index is 2.30. The number of carbonyl (C=O) groups is 1. The van der Waals surface area contributed by atoms with Crippen LogP contribution in [0.25, 0.3) is 0 Å². The molecule has 0 spiro atoms. The summed E-state index contributed by atoms with van der Waals surface area (Å²) in [6, 6.07) is 0. The number of cyclic esters (lactones) is 1. The Bertz CT molecular complexity index is 368. The van der Waals surface area contributed by atoms with E-state index >= 15 is 0 Å². The van der Waals surface area contributed by atoms with Crippen LogP contribution >= 0.6 is 0 Å². The minimum Gasteiger partial charge on any atom is -0.459 e. The van der Waals surface area contributed by atoms with Crippen LogP contribution in [0.15, 0.2) is 11.6 Å². The van der Waals surface area contributed by atoms with Crippen molar-refractivity contribution in [3.05, 3.63) is 11.6 Å². The lowest BCUT2D eigenvalue weighted by atomic mass is 9.62. The van der Waals surface area contributed by atoms with E-state index in [0.29, 0.717) is 12.3 Å². The van der Waals surface area contributed by atoms with Gasteiger partial charge in [-0.05, 0) is 38.0 Å². The molecule has 0 aromatic rings. The van der Waals surface area contributed by atoms with Gasteiger partial charge in [-0.2, -0.15) is 0 Å². The lowest BCUT2D eigenvalue weighted by Gasteiger charge is -2.43. The van der Waals surface area contributed by atoms with E-state index in [1.165, 1.54) is 5.57 Å². The lowest BCUT2D eigenvalue weighted by molar-refractivity contribution is -0.145. The molecule has 1 N–H and O–H groups in total. The third-order valence-electron chi connectivity index (χ3n) is 4.58. The summed E-state index contributed by atoms with van der Waals surface area (Å²) in [5.74, 6) is 0.279. The molecule has 0 aromatic carbocycles. The van der Waals surface area contributed by atoms with Crippen molar-refractivity contribution >= 4 is 5.97 Å². The van der Waals surface area contributed by atoms with Gasteiger partial charge in [-0.25, -0.2) is 0 Å². The topological polar surface area (TPSA) is 46.5 Å². The highest BCUT2D eigenvalue weighted by Crippen LogP contribution is 2.49. The number of aliphatic hydroxyl groups excluding tert-OH is 1. The minimum atomic E-state index is -0.591. The Morgan fingerprint density at radius 2 is 2.17 bits per heavy atom. The molecule has 102 valence electrons. The first-order valence-corrected chi connectivity index (χ1v) is 6.87. The number of allylic oxidation sites excluding steroid dienone is 2. The fourth-order valence-electron chi connectivity index (χ4n) is 3.85. The average Bonchev–Trinajstić information content (AvgIpc) is 2.58. The summed E-state index contributed by atoms with van der Waals surface area (Å²) in [6.07, 6.45) is 4.02. The van der Waals surface area contributed by atoms with Gasteiger partial charge in [0.2, 0.25) is 0 Å². The summed E-state index contributed by atoms with van der Waals surface area (Å²) in [7, 11) is 0. The van der Waals surface area contributed by atoms with Gasteiger partial charge < -0.3 is 9.84 Å². The van der Waals surface area contributed by atoms with E-state index in [2.05, 4.69) is 26.8 Å². The summed E-state index contributed by atoms with van der Waals surface area (Å²) >= 11 is 0. The first-order valence-electron chi connectivity index (χ1n) is 6.87. The molecule has 1 aliphatic heterocycles. The molecule has 1 heterocycles. The van der Waals surface area contributed by atoms with Crippen LogP contribution in [0.4, 0.5) is 0 Å². The van der Waals surface area contributed by atoms with Crippen LogP contribution < -0.4 is 0 Å². The summed E-state index contributed by atoms with van der Waals surface area (Å²) in [6.45, 7) is 8.38. The molecule has 0 saturated carbocycles. The van der Waals surface area contributed by atoms with E-state index in [0.717, 1.165) is 12.8 Å². The van der Waals surface area contributed by atoms with E-state index in [1.54, 1.807) is 6.92 Å². The maximum absolute atomic E-state index is 11.6. The molecular formula is C15H24O3. The Labute approximate surface area is 109 Å². The van der Waals surface area contributed by atoms with E-state index in [4.69, 9.17) is 4.74 Å². The molecule has 4 atom stereocenters. The third-order valence-corrected chi connectivity index (χ3v) is 4.58. The quantitative estimate of drug-likeness (QED) is 0.607. The summed E-state index contributed by atoms with van der Waals surface area (Å²) in [5, 5.41) is 9.83. The molecule has 0 amide bonds. The summed E-state index contributed by atoms with van der Waals surface area (Å²) in [5.41, 5.74) is 1.52. The van der Waals surface area contributed by atoms with Gasteiger partial charge in [-0.3, -0.25) is 4.79 Å². The molecule has 3 nitrogen and oxygen atoms in total. The van der Waals surface area contributed by atoms with E-state index in [9.17, 15) is 9.90 Å². The maximum atomic E-state index is 11.6. The molecule has 0 radical (unpaired) electrons. The number of ether oxygens (including phenoxy) is 1. The fraction of sp³-hybridized carbons (Fsp3) is 0.800. The van der Waals surface area contributed by atoms with Crippen molar-refractivity contribution in [2.24, 2.45) is 17.3 Å². The van der Waals surface area contributed by atoms with Crippen molar-refractivity contribution in [2.75, 3.05) is 0 Å². The monoisotopic (exact) mass is 252 g/mol. The first-order chi connectivity index (χ1) is 8.33. The van der Waals surface area contributed by atoms with Gasteiger partial charge in [0, 0.05) is 5.92 Å². The highest BCUT2D eigenvalue weighted by Gasteiger charge is 2.48. The van der Waals surface area contributed by atoms with E-state index in [1.807, 2.05) is 0 Å². The van der Waals surface area contributed by atoms with Gasteiger partial charge in [0.25, 0.3) is 0 Å². The van der Waals surface area contributed by atoms with Crippen molar-refractivity contribution in [2.45, 2.75) is 59.2 Å². The van der Waals surface area contributed by atoms with Gasteiger partial charge in [-0.1, -0.05) is 25.5 Å². The second kappa shape index (κ2) is 4.69. The van der Waals surface area contributed by atoms with Crippen LogP contribution in [-0.4, -0.2) is 23.3 Å². The average molecular weight is 252 g/mol. The highest BCUT2D eigenvalue weighted by molar-refractivity contribution is 5.72. The minimum absolute atomic E-state index is 0.115. The zero-order valence-corrected chi connectivity index (χ0v) is 11.8. The Kier molecular flexibility index (Phi) is 3.54. The van der Waals surface area contributed by atoms with Crippen LogP contribution in [0.5, 0.6) is 0 Å². The number of aliphatic hydroxyl groups is 1. The first kappa shape index (κ1) is 13.6. The zero-order chi connectivity index (χ0) is 13.5. The van der Waals surface area contributed by atoms with Crippen molar-refractivity contribution in [3.63, 3.8) is 0 Å². The Hall–Kier alpha value is -0.830. The van der Waals surface area contributed by atoms with Gasteiger partial charge in [0.05, 0.1) is 12.5 Å². The maximum Gasteiger partial charge on any atom is 0.306 e. The van der Waals surface area contributed by atoms with Crippen molar-refractivity contribution in [3.8, 4) is 0 Å². The molecular weight excluding hydrogens is 228 g/mol. The van der Waals surface area contributed by atoms with Crippen LogP contribution in [0.2, 0.25) is 0 Å². The summed E-state index contributed by atoms with van der Waals surface area (Å²) in [4.78, 5) is 11.6. The largest absolute Gasteiger partial charge is 0.459 e. The Morgan fingerprint density at radius 3 is 2.72 bits per heavy atom. The van der Waals surface area contributed by atoms with Crippen LogP contribution in [0.3, 0.4) is 0 Å². The lowest BCUT2D eigenvalue weighted by Crippen LogP contribution is -2.41. The predicted octanol–water partition coefficient (Wildman–Crippen LogP) is 2.68. The van der Waals surface area contributed by atoms with Crippen molar-refractivity contribution in [1.29, 1.82) is 0 Å². The van der Waals surface area contributed by atoms with Crippen molar-refractivity contribution < 1.29 is 14.6 Å². The molecule has 0 bridgehead atoms. The normalized spacial score (nSPS) is 37.1. The molecule has 2 rings (SSSR count). The molecule has 4 unspecified atom stereocenters. The fourth-order valence-corrected chi connectivity index (χ4v) is 3.85. The van der Waals surface area contributed by atoms with Gasteiger partial charge in [0.1, 0.15) is 6.10 Å². The van der Waals surface area contributed by atoms with Gasteiger partial charge in [-0.15, -0.1) is 0 Å². The highest BCUT2D eigenvalue weighted by atomic mass is 16.6. The molecule has 1 fully saturated rings. The van der Waals surface area contributed by atoms with Crippen LogP contribution in [-0.2, 0) is 9.53 Å². The smallest absolute Gasteiger partial charge is 0.306 e. The predicted molar refractivity (Wildman–Crippen MR) is 69.9 cm³/mol. The molecule has 0 aromatic heterocycles. The molecule has 18 heavy (non-hydrogen) atoms. The third kappa shape index (κ3) is 2.33. The second-order valence-electron chi connectivity index (χ2n) is 6.52. The second-order valence-corrected chi connectivity index (χ2v) is 6.52. The number of rotatable bonds is 2. The number of carbonyl (C=O) groups excluding carboxylic acids is 1. The van der Waals surface area contributed by atoms with Gasteiger partial charge in [0.15, 0.2) is 0 Å². The zero-order valence-electron chi connectivity index (χ0n) is 11.8.